The molecule has 0 unspecified atom stereocenters. The first kappa shape index (κ1) is 21.3. The molecule has 2 saturated heterocycles. The maximum atomic E-state index is 12.7. The highest BCUT2D eigenvalue weighted by atomic mass is 32.2. The monoisotopic (exact) mass is 428 g/mol. The van der Waals surface area contributed by atoms with E-state index in [4.69, 9.17) is 0 Å². The largest absolute Gasteiger partial charge is 0.354 e. The van der Waals surface area contributed by atoms with Crippen LogP contribution in [-0.2, 0) is 16.6 Å². The molecule has 2 fully saturated rings. The minimum atomic E-state index is -3.39. The van der Waals surface area contributed by atoms with Gasteiger partial charge < -0.3 is 4.90 Å². The lowest BCUT2D eigenvalue weighted by molar-refractivity contribution is 0.249. The molecule has 7 heteroatoms. The Kier molecular flexibility index (Phi) is 6.41. The Morgan fingerprint density at radius 1 is 0.900 bits per heavy atom. The summed E-state index contributed by atoms with van der Waals surface area (Å²) in [7, 11) is -3.39. The molecule has 6 nitrogen and oxygen atoms in total. The number of anilines is 1. The van der Waals surface area contributed by atoms with Crippen LogP contribution < -0.4 is 4.90 Å². The minimum Gasteiger partial charge on any atom is -0.354 e. The van der Waals surface area contributed by atoms with Gasteiger partial charge in [0.15, 0.2) is 0 Å². The summed E-state index contributed by atoms with van der Waals surface area (Å²) in [6, 6.07) is 12.5. The lowest BCUT2D eigenvalue weighted by Gasteiger charge is -2.35. The highest BCUT2D eigenvalue weighted by Crippen LogP contribution is 2.23. The van der Waals surface area contributed by atoms with Crippen molar-refractivity contribution in [3.05, 3.63) is 53.7 Å². The normalized spacial score (nSPS) is 19.0. The maximum Gasteiger partial charge on any atom is 0.244 e. The number of sulfonamides is 1. The van der Waals surface area contributed by atoms with Crippen molar-refractivity contribution >= 4 is 15.8 Å². The van der Waals surface area contributed by atoms with Gasteiger partial charge >= 0.3 is 0 Å². The summed E-state index contributed by atoms with van der Waals surface area (Å²) in [6.07, 6.45) is 3.40. The van der Waals surface area contributed by atoms with Crippen LogP contribution in [-0.4, -0.2) is 61.9 Å². The van der Waals surface area contributed by atoms with Crippen LogP contribution in [0.25, 0.3) is 0 Å². The van der Waals surface area contributed by atoms with Crippen molar-refractivity contribution < 1.29 is 8.42 Å². The van der Waals surface area contributed by atoms with Gasteiger partial charge in [-0.3, -0.25) is 4.90 Å². The fraction of sp³-hybridized carbons (Fsp3) is 0.522. The standard InChI is InChI=1S/C23H32N4O2S/c1-19(2)21-7-5-20(6-8-21)18-25-13-15-26(16-14-25)23-10-9-22(17-24-23)30(28,29)27-11-3-4-12-27/h5-10,17,19H,3-4,11-16,18H2,1-2H3. The van der Waals surface area contributed by atoms with Gasteiger partial charge in [-0.2, -0.15) is 4.31 Å². The Bertz CT molecular complexity index is 928. The molecule has 2 aromatic rings. The SMILES string of the molecule is CC(C)c1ccc(CN2CCN(c3ccc(S(=O)(=O)N4CCCC4)cn3)CC2)cc1. The van der Waals surface area contributed by atoms with E-state index < -0.39 is 10.0 Å². The van der Waals surface area contributed by atoms with Gasteiger partial charge in [-0.25, -0.2) is 13.4 Å². The van der Waals surface area contributed by atoms with Gasteiger partial charge in [0, 0.05) is 52.0 Å². The molecule has 30 heavy (non-hydrogen) atoms. The Morgan fingerprint density at radius 2 is 1.57 bits per heavy atom. The van der Waals surface area contributed by atoms with Crippen LogP contribution in [0.1, 0.15) is 43.7 Å². The average molecular weight is 429 g/mol. The van der Waals surface area contributed by atoms with Crippen LogP contribution in [0.15, 0.2) is 47.5 Å². The summed E-state index contributed by atoms with van der Waals surface area (Å²) in [6.45, 7) is 10.4. The molecule has 0 atom stereocenters. The number of benzene rings is 1. The lowest BCUT2D eigenvalue weighted by atomic mass is 10.0. The van der Waals surface area contributed by atoms with Crippen LogP contribution in [0.2, 0.25) is 0 Å². The number of pyridine rings is 1. The first-order valence-electron chi connectivity index (χ1n) is 11.0. The number of aromatic nitrogens is 1. The minimum absolute atomic E-state index is 0.302. The topological polar surface area (TPSA) is 56.8 Å². The molecule has 0 N–H and O–H groups in total. The number of hydrogen-bond donors (Lipinski definition) is 0. The van der Waals surface area contributed by atoms with Crippen LogP contribution in [0.5, 0.6) is 0 Å². The molecule has 2 aliphatic rings. The molecule has 0 amide bonds. The Morgan fingerprint density at radius 3 is 2.13 bits per heavy atom. The first-order chi connectivity index (χ1) is 14.4. The molecule has 4 rings (SSSR count). The second-order valence-corrected chi connectivity index (χ2v) is 10.6. The van der Waals surface area contributed by atoms with Crippen molar-refractivity contribution in [2.24, 2.45) is 0 Å². The van der Waals surface area contributed by atoms with E-state index >= 15 is 0 Å². The van der Waals surface area contributed by atoms with Crippen LogP contribution in [0.4, 0.5) is 5.82 Å². The molecule has 3 heterocycles. The fourth-order valence-corrected chi connectivity index (χ4v) is 5.65. The van der Waals surface area contributed by atoms with E-state index in [2.05, 4.69) is 52.9 Å². The Labute approximate surface area is 180 Å². The zero-order valence-corrected chi connectivity index (χ0v) is 18.8. The lowest BCUT2D eigenvalue weighted by Crippen LogP contribution is -2.46. The number of hydrogen-bond acceptors (Lipinski definition) is 5. The van der Waals surface area contributed by atoms with Crippen LogP contribution in [0, 0.1) is 0 Å². The van der Waals surface area contributed by atoms with Crippen molar-refractivity contribution in [2.45, 2.75) is 44.0 Å². The zero-order chi connectivity index (χ0) is 21.1. The van der Waals surface area contributed by atoms with E-state index in [9.17, 15) is 8.42 Å². The zero-order valence-electron chi connectivity index (χ0n) is 18.0. The molecule has 0 aliphatic carbocycles. The quantitative estimate of drug-likeness (QED) is 0.707. The van der Waals surface area contributed by atoms with E-state index in [1.165, 1.54) is 17.3 Å². The Balaban J connectivity index is 1.32. The summed E-state index contributed by atoms with van der Waals surface area (Å²) in [5, 5.41) is 0. The van der Waals surface area contributed by atoms with Crippen LogP contribution >= 0.6 is 0 Å². The molecule has 0 spiro atoms. The number of piperazine rings is 1. The second kappa shape index (κ2) is 9.04. The second-order valence-electron chi connectivity index (χ2n) is 8.62. The highest BCUT2D eigenvalue weighted by Gasteiger charge is 2.27. The summed E-state index contributed by atoms with van der Waals surface area (Å²) in [5.41, 5.74) is 2.73. The molecule has 0 radical (unpaired) electrons. The van der Waals surface area contributed by atoms with Crippen molar-refractivity contribution in [3.8, 4) is 0 Å². The van der Waals surface area contributed by atoms with Gasteiger partial charge in [0.05, 0.1) is 0 Å². The third-order valence-electron chi connectivity index (χ3n) is 6.17. The van der Waals surface area contributed by atoms with Gasteiger partial charge in [0.1, 0.15) is 10.7 Å². The third kappa shape index (κ3) is 4.68. The van der Waals surface area contributed by atoms with E-state index in [1.807, 2.05) is 6.07 Å². The number of rotatable bonds is 6. The highest BCUT2D eigenvalue weighted by molar-refractivity contribution is 7.89. The van der Waals surface area contributed by atoms with E-state index in [-0.39, 0.29) is 0 Å². The van der Waals surface area contributed by atoms with Gasteiger partial charge in [0.2, 0.25) is 10.0 Å². The van der Waals surface area contributed by atoms with Crippen molar-refractivity contribution in [3.63, 3.8) is 0 Å². The molecule has 2 aliphatic heterocycles. The van der Waals surface area contributed by atoms with E-state index in [0.29, 0.717) is 23.9 Å². The smallest absolute Gasteiger partial charge is 0.244 e. The maximum absolute atomic E-state index is 12.7. The van der Waals surface area contributed by atoms with E-state index in [1.54, 1.807) is 10.4 Å². The molecular weight excluding hydrogens is 396 g/mol. The third-order valence-corrected chi connectivity index (χ3v) is 8.05. The molecule has 0 bridgehead atoms. The molecule has 1 aromatic carbocycles. The molecular formula is C23H32N4O2S. The van der Waals surface area contributed by atoms with Gasteiger partial charge in [-0.05, 0) is 42.0 Å². The molecule has 0 saturated carbocycles. The van der Waals surface area contributed by atoms with Gasteiger partial charge in [0.25, 0.3) is 0 Å². The molecule has 1 aromatic heterocycles. The first-order valence-corrected chi connectivity index (χ1v) is 12.4. The summed E-state index contributed by atoms with van der Waals surface area (Å²) < 4.78 is 26.9. The van der Waals surface area contributed by atoms with Crippen molar-refractivity contribution in [2.75, 3.05) is 44.2 Å². The summed E-state index contributed by atoms with van der Waals surface area (Å²) >= 11 is 0. The number of nitrogens with zero attached hydrogens (tertiary/aromatic N) is 4. The van der Waals surface area contributed by atoms with Gasteiger partial charge in [-0.15, -0.1) is 0 Å². The average Bonchev–Trinajstić information content (AvgIpc) is 3.31. The summed E-state index contributed by atoms with van der Waals surface area (Å²) in [5.74, 6) is 1.42. The fourth-order valence-electron chi connectivity index (χ4n) is 4.19. The van der Waals surface area contributed by atoms with Gasteiger partial charge in [-0.1, -0.05) is 38.1 Å². The van der Waals surface area contributed by atoms with Crippen molar-refractivity contribution in [1.29, 1.82) is 0 Å². The molecule has 162 valence electrons. The Hall–Kier alpha value is -1.96. The summed E-state index contributed by atoms with van der Waals surface area (Å²) in [4.78, 5) is 9.49. The predicted octanol–water partition coefficient (Wildman–Crippen LogP) is 3.31. The van der Waals surface area contributed by atoms with E-state index in [0.717, 1.165) is 51.4 Å². The predicted molar refractivity (Wildman–Crippen MR) is 120 cm³/mol. The van der Waals surface area contributed by atoms with Crippen molar-refractivity contribution in [1.82, 2.24) is 14.2 Å². The van der Waals surface area contributed by atoms with Crippen LogP contribution in [0.3, 0.4) is 0 Å².